The molecule has 7 heteroatoms. The van der Waals surface area contributed by atoms with E-state index in [1.807, 2.05) is 54.6 Å². The van der Waals surface area contributed by atoms with Crippen molar-refractivity contribution in [3.8, 4) is 0 Å². The third-order valence-electron chi connectivity index (χ3n) is 6.60. The summed E-state index contributed by atoms with van der Waals surface area (Å²) in [6.45, 7) is 4.27. The number of rotatable bonds is 4. The van der Waals surface area contributed by atoms with Gasteiger partial charge in [0.15, 0.2) is 5.16 Å². The van der Waals surface area contributed by atoms with Crippen molar-refractivity contribution >= 4 is 35.0 Å². The number of halogens is 1. The fourth-order valence-corrected chi connectivity index (χ4v) is 6.16. The smallest absolute Gasteiger partial charge is 0.257 e. The SMILES string of the molecule is CC1(C)CC(=O)C2C(C1)Nc1nc(SCc3ccc(Cl)cc3)[nH]c(=O)c1C2c1ccccc1. The van der Waals surface area contributed by atoms with Gasteiger partial charge in [0.1, 0.15) is 11.6 Å². The van der Waals surface area contributed by atoms with Gasteiger partial charge < -0.3 is 10.3 Å². The highest BCUT2D eigenvalue weighted by atomic mass is 35.5. The zero-order valence-electron chi connectivity index (χ0n) is 18.6. The molecule has 2 aromatic carbocycles. The van der Waals surface area contributed by atoms with Crippen molar-refractivity contribution in [3.05, 3.63) is 86.7 Å². The van der Waals surface area contributed by atoms with Crippen molar-refractivity contribution in [2.75, 3.05) is 5.32 Å². The first-order valence-electron chi connectivity index (χ1n) is 11.2. The number of nitrogens with zero attached hydrogens (tertiary/aromatic N) is 1. The fourth-order valence-electron chi connectivity index (χ4n) is 5.22. The first kappa shape index (κ1) is 22.2. The van der Waals surface area contributed by atoms with Crippen LogP contribution in [-0.4, -0.2) is 21.8 Å². The molecule has 5 rings (SSSR count). The molecule has 0 bridgehead atoms. The molecular formula is C26H26ClN3O2S. The number of Topliss-reactive ketones (excluding diaryl/α,β-unsaturated/α-hetero) is 1. The highest BCUT2D eigenvalue weighted by molar-refractivity contribution is 7.98. The predicted octanol–water partition coefficient (Wildman–Crippen LogP) is 5.65. The maximum Gasteiger partial charge on any atom is 0.257 e. The second-order valence-electron chi connectivity index (χ2n) is 9.72. The minimum atomic E-state index is -0.303. The molecule has 0 spiro atoms. The van der Waals surface area contributed by atoms with E-state index in [1.165, 1.54) is 11.8 Å². The zero-order valence-corrected chi connectivity index (χ0v) is 20.2. The quantitative estimate of drug-likeness (QED) is 0.373. The first-order valence-corrected chi connectivity index (χ1v) is 12.5. The average Bonchev–Trinajstić information content (AvgIpc) is 2.77. The van der Waals surface area contributed by atoms with Crippen molar-refractivity contribution in [3.63, 3.8) is 0 Å². The molecule has 1 aliphatic carbocycles. The summed E-state index contributed by atoms with van der Waals surface area (Å²) in [7, 11) is 0. The molecule has 0 radical (unpaired) electrons. The average molecular weight is 480 g/mol. The summed E-state index contributed by atoms with van der Waals surface area (Å²) < 4.78 is 0. The number of nitrogens with one attached hydrogen (secondary N) is 2. The third kappa shape index (κ3) is 4.46. The Labute approximate surface area is 202 Å². The van der Waals surface area contributed by atoms with E-state index in [1.54, 1.807) is 0 Å². The summed E-state index contributed by atoms with van der Waals surface area (Å²) in [5.41, 5.74) is 2.37. The number of H-pyrrole nitrogens is 1. The van der Waals surface area contributed by atoms with Crippen LogP contribution in [0.5, 0.6) is 0 Å². The van der Waals surface area contributed by atoms with E-state index in [0.29, 0.717) is 33.7 Å². The molecule has 2 aliphatic rings. The molecule has 1 saturated carbocycles. The Morgan fingerprint density at radius 3 is 2.55 bits per heavy atom. The van der Waals surface area contributed by atoms with Crippen LogP contribution in [0.1, 0.15) is 49.3 Å². The maximum absolute atomic E-state index is 13.4. The molecule has 1 aliphatic heterocycles. The molecule has 3 aromatic rings. The molecule has 1 fully saturated rings. The number of benzene rings is 2. The summed E-state index contributed by atoms with van der Waals surface area (Å²) in [6.07, 6.45) is 1.38. The molecule has 2 N–H and O–H groups in total. The van der Waals surface area contributed by atoms with Gasteiger partial charge in [0.05, 0.1) is 5.56 Å². The number of aromatic amines is 1. The Hall–Kier alpha value is -2.57. The Kier molecular flexibility index (Phi) is 5.83. The lowest BCUT2D eigenvalue weighted by Gasteiger charge is -2.46. The lowest BCUT2D eigenvalue weighted by Crippen LogP contribution is -2.51. The highest BCUT2D eigenvalue weighted by Crippen LogP contribution is 2.48. The van der Waals surface area contributed by atoms with Crippen LogP contribution in [0, 0.1) is 11.3 Å². The van der Waals surface area contributed by atoms with Crippen molar-refractivity contribution < 1.29 is 4.79 Å². The lowest BCUT2D eigenvalue weighted by atomic mass is 9.62. The standard InChI is InChI=1S/C26H26ClN3O2S/c1-26(2)12-18-21(19(31)13-26)20(16-6-4-3-5-7-16)22-23(28-18)29-25(30-24(22)32)33-14-15-8-10-17(27)11-9-15/h3-11,18,20-21H,12-14H2,1-2H3,(H2,28,29,30,32). The van der Waals surface area contributed by atoms with Crippen molar-refractivity contribution in [2.24, 2.45) is 11.3 Å². The molecule has 5 nitrogen and oxygen atoms in total. The monoisotopic (exact) mass is 479 g/mol. The van der Waals surface area contributed by atoms with Gasteiger partial charge in [-0.2, -0.15) is 0 Å². The Bertz CT molecular complexity index is 1240. The number of fused-ring (bicyclic) bond motifs is 2. The molecule has 0 amide bonds. The van der Waals surface area contributed by atoms with E-state index >= 15 is 0 Å². The number of anilines is 1. The Morgan fingerprint density at radius 1 is 1.09 bits per heavy atom. The summed E-state index contributed by atoms with van der Waals surface area (Å²) in [6, 6.07) is 17.5. The molecule has 3 atom stereocenters. The summed E-state index contributed by atoms with van der Waals surface area (Å²) in [4.78, 5) is 34.4. The van der Waals surface area contributed by atoms with E-state index in [4.69, 9.17) is 16.6 Å². The van der Waals surface area contributed by atoms with Gasteiger partial charge in [0.2, 0.25) is 0 Å². The summed E-state index contributed by atoms with van der Waals surface area (Å²) >= 11 is 7.46. The molecule has 3 unspecified atom stereocenters. The summed E-state index contributed by atoms with van der Waals surface area (Å²) in [5.74, 6) is 0.895. The van der Waals surface area contributed by atoms with E-state index in [0.717, 1.165) is 17.5 Å². The normalized spacial score (nSPS) is 23.4. The van der Waals surface area contributed by atoms with Gasteiger partial charge in [-0.1, -0.05) is 79.7 Å². The summed E-state index contributed by atoms with van der Waals surface area (Å²) in [5, 5.41) is 4.75. The van der Waals surface area contributed by atoms with Gasteiger partial charge in [0.25, 0.3) is 5.56 Å². The molecular weight excluding hydrogens is 454 g/mol. The van der Waals surface area contributed by atoms with Crippen LogP contribution in [0.4, 0.5) is 5.82 Å². The Morgan fingerprint density at radius 2 is 1.82 bits per heavy atom. The number of hydrogen-bond acceptors (Lipinski definition) is 5. The lowest BCUT2D eigenvalue weighted by molar-refractivity contribution is -0.129. The number of ketones is 1. The third-order valence-corrected chi connectivity index (χ3v) is 7.80. The van der Waals surface area contributed by atoms with Gasteiger partial charge in [0, 0.05) is 35.1 Å². The fraction of sp³-hybridized carbons (Fsp3) is 0.346. The first-order chi connectivity index (χ1) is 15.8. The van der Waals surface area contributed by atoms with Gasteiger partial charge in [-0.25, -0.2) is 4.98 Å². The second-order valence-corrected chi connectivity index (χ2v) is 11.1. The van der Waals surface area contributed by atoms with Gasteiger partial charge >= 0.3 is 0 Å². The van der Waals surface area contributed by atoms with Crippen LogP contribution < -0.4 is 10.9 Å². The van der Waals surface area contributed by atoms with E-state index in [-0.39, 0.29) is 34.6 Å². The van der Waals surface area contributed by atoms with Crippen LogP contribution in [0.3, 0.4) is 0 Å². The predicted molar refractivity (Wildman–Crippen MR) is 133 cm³/mol. The van der Waals surface area contributed by atoms with Gasteiger partial charge in [-0.15, -0.1) is 0 Å². The van der Waals surface area contributed by atoms with E-state index in [9.17, 15) is 9.59 Å². The van der Waals surface area contributed by atoms with Crippen molar-refractivity contribution in [1.82, 2.24) is 9.97 Å². The molecule has 2 heterocycles. The van der Waals surface area contributed by atoms with Crippen molar-refractivity contribution in [1.29, 1.82) is 0 Å². The number of hydrogen-bond donors (Lipinski definition) is 2. The van der Waals surface area contributed by atoms with Crippen LogP contribution >= 0.6 is 23.4 Å². The number of carbonyl (C=O) groups excluding carboxylic acids is 1. The van der Waals surface area contributed by atoms with Crippen LogP contribution in [-0.2, 0) is 10.5 Å². The van der Waals surface area contributed by atoms with Gasteiger partial charge in [-0.05, 0) is 35.1 Å². The minimum absolute atomic E-state index is 0.0534. The largest absolute Gasteiger partial charge is 0.366 e. The van der Waals surface area contributed by atoms with Gasteiger partial charge in [-0.3, -0.25) is 9.59 Å². The zero-order chi connectivity index (χ0) is 23.2. The highest BCUT2D eigenvalue weighted by Gasteiger charge is 2.49. The molecule has 170 valence electrons. The second kappa shape index (κ2) is 8.65. The van der Waals surface area contributed by atoms with Crippen LogP contribution in [0.25, 0.3) is 0 Å². The molecule has 1 aromatic heterocycles. The van der Waals surface area contributed by atoms with Crippen LogP contribution in [0.2, 0.25) is 5.02 Å². The maximum atomic E-state index is 13.4. The topological polar surface area (TPSA) is 74.8 Å². The number of carbonyl (C=O) groups is 1. The molecule has 0 saturated heterocycles. The van der Waals surface area contributed by atoms with Crippen molar-refractivity contribution in [2.45, 2.75) is 49.6 Å². The molecule has 33 heavy (non-hydrogen) atoms. The van der Waals surface area contributed by atoms with Crippen LogP contribution in [0.15, 0.2) is 64.5 Å². The van der Waals surface area contributed by atoms with E-state index in [2.05, 4.69) is 24.1 Å². The number of aromatic nitrogens is 2. The Balaban J connectivity index is 1.54. The van der Waals surface area contributed by atoms with E-state index < -0.39 is 0 Å². The minimum Gasteiger partial charge on any atom is -0.366 e. The number of thioether (sulfide) groups is 1.